The molecule has 190 valence electrons. The van der Waals surface area contributed by atoms with Gasteiger partial charge in [0.25, 0.3) is 0 Å². The Morgan fingerprint density at radius 3 is 2.50 bits per heavy atom. The van der Waals surface area contributed by atoms with Crippen molar-refractivity contribution >= 4 is 30.3 Å². The minimum atomic E-state index is -4.46. The van der Waals surface area contributed by atoms with Gasteiger partial charge in [0.05, 0.1) is 22.3 Å². The molecule has 2 unspecified atom stereocenters. The Morgan fingerprint density at radius 2 is 1.94 bits per heavy atom. The molecule has 10 heteroatoms. The number of likely N-dealkylation sites (tertiary alicyclic amines) is 2. The first-order valence-electron chi connectivity index (χ1n) is 11.4. The molecule has 2 heterocycles. The van der Waals surface area contributed by atoms with Gasteiger partial charge in [0, 0.05) is 37.0 Å². The van der Waals surface area contributed by atoms with Crippen LogP contribution in [-0.2, 0) is 10.9 Å². The number of benzene rings is 1. The Hall–Kier alpha value is -2.20. The van der Waals surface area contributed by atoms with Gasteiger partial charge < -0.3 is 20.3 Å². The third-order valence-electron chi connectivity index (χ3n) is 5.51. The molecule has 2 aliphatic heterocycles. The molecular formula is C24H35F3N4O2S. The second-order valence-electron chi connectivity index (χ2n) is 8.90. The molecule has 0 bridgehead atoms. The number of alkyl halides is 3. The molecule has 3 rings (SSSR count). The van der Waals surface area contributed by atoms with Crippen LogP contribution in [0.2, 0.25) is 0 Å². The van der Waals surface area contributed by atoms with E-state index in [0.717, 1.165) is 18.6 Å². The number of hydrogen-bond donors (Lipinski definition) is 1. The minimum absolute atomic E-state index is 0.0363. The van der Waals surface area contributed by atoms with E-state index < -0.39 is 17.3 Å². The molecule has 0 aliphatic carbocycles. The molecule has 0 spiro atoms. The maximum absolute atomic E-state index is 13.2. The zero-order valence-electron chi connectivity index (χ0n) is 20.5. The zero-order chi connectivity index (χ0) is 25.7. The summed E-state index contributed by atoms with van der Waals surface area (Å²) in [5.41, 5.74) is 5.15. The van der Waals surface area contributed by atoms with Crippen LogP contribution >= 0.6 is 11.8 Å². The average molecular weight is 501 g/mol. The highest BCUT2D eigenvalue weighted by molar-refractivity contribution is 8.03. The van der Waals surface area contributed by atoms with Crippen molar-refractivity contribution in [2.24, 2.45) is 16.6 Å². The highest BCUT2D eigenvalue weighted by Crippen LogP contribution is 2.40. The highest BCUT2D eigenvalue weighted by atomic mass is 32.2. The minimum Gasteiger partial charge on any atom is -0.444 e. The first kappa shape index (κ1) is 28.0. The molecule has 1 amide bonds. The van der Waals surface area contributed by atoms with Gasteiger partial charge in [-0.05, 0) is 46.0 Å². The van der Waals surface area contributed by atoms with Crippen molar-refractivity contribution in [3.63, 3.8) is 0 Å². The number of fused-ring (bicyclic) bond motifs is 1. The summed E-state index contributed by atoms with van der Waals surface area (Å²) in [7, 11) is 0. The summed E-state index contributed by atoms with van der Waals surface area (Å²) >= 11 is 1.31. The molecule has 2 saturated heterocycles. The van der Waals surface area contributed by atoms with Crippen LogP contribution in [0.5, 0.6) is 0 Å². The number of nitrogens with two attached hydrogens (primary N) is 1. The van der Waals surface area contributed by atoms with Crippen LogP contribution in [-0.4, -0.2) is 59.8 Å². The van der Waals surface area contributed by atoms with Gasteiger partial charge in [0.15, 0.2) is 0 Å². The number of carbonyl (C=O) groups is 1. The van der Waals surface area contributed by atoms with Crippen molar-refractivity contribution < 1.29 is 22.7 Å². The number of aliphatic imine (C=N–C) groups is 1. The molecule has 0 aromatic heterocycles. The fourth-order valence-electron chi connectivity index (χ4n) is 4.19. The largest absolute Gasteiger partial charge is 0.444 e. The van der Waals surface area contributed by atoms with Crippen molar-refractivity contribution in [1.29, 1.82) is 0 Å². The van der Waals surface area contributed by atoms with E-state index in [9.17, 15) is 18.0 Å². The lowest BCUT2D eigenvalue weighted by Gasteiger charge is -2.29. The number of hydrogen-bond acceptors (Lipinski definition) is 6. The lowest BCUT2D eigenvalue weighted by atomic mass is 10.1. The van der Waals surface area contributed by atoms with Crippen molar-refractivity contribution in [1.82, 2.24) is 9.80 Å². The second kappa shape index (κ2) is 11.5. The van der Waals surface area contributed by atoms with Gasteiger partial charge in [-0.1, -0.05) is 37.7 Å². The van der Waals surface area contributed by atoms with Gasteiger partial charge in [0.2, 0.25) is 0 Å². The quantitative estimate of drug-likeness (QED) is 0.418. The van der Waals surface area contributed by atoms with E-state index in [1.165, 1.54) is 17.8 Å². The maximum Gasteiger partial charge on any atom is 0.416 e. The van der Waals surface area contributed by atoms with E-state index in [-0.39, 0.29) is 23.9 Å². The summed E-state index contributed by atoms with van der Waals surface area (Å²) in [6, 6.07) is 5.01. The van der Waals surface area contributed by atoms with Gasteiger partial charge in [-0.15, -0.1) is 0 Å². The predicted molar refractivity (Wildman–Crippen MR) is 132 cm³/mol. The Labute approximate surface area is 204 Å². The summed E-state index contributed by atoms with van der Waals surface area (Å²) < 4.78 is 45.2. The molecule has 2 N–H and O–H groups in total. The Morgan fingerprint density at radius 1 is 1.26 bits per heavy atom. The fraction of sp³-hybridized carbons (Fsp3) is 0.583. The van der Waals surface area contributed by atoms with Crippen LogP contribution in [0.15, 0.2) is 34.3 Å². The number of amides is 1. The van der Waals surface area contributed by atoms with Crippen LogP contribution in [0.3, 0.4) is 0 Å². The molecule has 34 heavy (non-hydrogen) atoms. The number of carbonyl (C=O) groups excluding carboxylic acids is 1. The van der Waals surface area contributed by atoms with Crippen molar-refractivity contribution in [3.8, 4) is 0 Å². The smallest absolute Gasteiger partial charge is 0.416 e. The second-order valence-corrected chi connectivity index (χ2v) is 9.90. The zero-order valence-corrected chi connectivity index (χ0v) is 21.3. The average Bonchev–Trinajstić information content (AvgIpc) is 3.34. The summed E-state index contributed by atoms with van der Waals surface area (Å²) in [4.78, 5) is 20.5. The first-order chi connectivity index (χ1) is 15.9. The SMILES string of the molecule is C=N/C(=C(\SCN)N1CC2CCN(C(=O)OC(C)(C)C)C2C1)c1cccc(C(F)(F)F)c1.CC. The van der Waals surface area contributed by atoms with Gasteiger partial charge in [-0.3, -0.25) is 4.99 Å². The molecule has 2 atom stereocenters. The normalized spacial score (nSPS) is 20.9. The van der Waals surface area contributed by atoms with Gasteiger partial charge in [0.1, 0.15) is 5.60 Å². The summed E-state index contributed by atoms with van der Waals surface area (Å²) in [5, 5.41) is 0.667. The third-order valence-corrected chi connectivity index (χ3v) is 6.40. The summed E-state index contributed by atoms with van der Waals surface area (Å²) in [6.45, 7) is 14.9. The Bertz CT molecular complexity index is 899. The predicted octanol–water partition coefficient (Wildman–Crippen LogP) is 5.65. The molecule has 2 fully saturated rings. The van der Waals surface area contributed by atoms with Gasteiger partial charge >= 0.3 is 12.3 Å². The number of halogens is 3. The molecule has 1 aromatic carbocycles. The van der Waals surface area contributed by atoms with E-state index in [0.29, 0.717) is 35.9 Å². The lowest BCUT2D eigenvalue weighted by molar-refractivity contribution is -0.137. The van der Waals surface area contributed by atoms with Crippen LogP contribution in [0.4, 0.5) is 18.0 Å². The Balaban J connectivity index is 0.00000199. The van der Waals surface area contributed by atoms with E-state index in [1.54, 1.807) is 11.0 Å². The van der Waals surface area contributed by atoms with Crippen LogP contribution in [0.25, 0.3) is 5.70 Å². The number of ether oxygens (including phenoxy) is 1. The number of thioether (sulfide) groups is 1. The topological polar surface area (TPSA) is 71.2 Å². The monoisotopic (exact) mass is 500 g/mol. The molecule has 0 saturated carbocycles. The van der Waals surface area contributed by atoms with Crippen LogP contribution in [0, 0.1) is 5.92 Å². The van der Waals surface area contributed by atoms with Gasteiger partial charge in [-0.2, -0.15) is 13.2 Å². The van der Waals surface area contributed by atoms with E-state index in [2.05, 4.69) is 11.7 Å². The molecule has 6 nitrogen and oxygen atoms in total. The van der Waals surface area contributed by atoms with Crippen LogP contribution < -0.4 is 5.73 Å². The van der Waals surface area contributed by atoms with E-state index in [4.69, 9.17) is 10.5 Å². The molecule has 1 aromatic rings. The molecule has 0 radical (unpaired) electrons. The summed E-state index contributed by atoms with van der Waals surface area (Å²) in [5.74, 6) is 0.470. The fourth-order valence-corrected chi connectivity index (χ4v) is 5.00. The molecule has 2 aliphatic rings. The van der Waals surface area contributed by atoms with Crippen LogP contribution in [0.1, 0.15) is 52.2 Å². The first-order valence-corrected chi connectivity index (χ1v) is 12.4. The van der Waals surface area contributed by atoms with E-state index in [1.807, 2.05) is 39.5 Å². The van der Waals surface area contributed by atoms with Crippen molar-refractivity contribution in [2.45, 2.75) is 58.9 Å². The number of nitrogens with zero attached hydrogens (tertiary/aromatic N) is 3. The maximum atomic E-state index is 13.2. The van der Waals surface area contributed by atoms with E-state index >= 15 is 0 Å². The van der Waals surface area contributed by atoms with Crippen molar-refractivity contribution in [2.75, 3.05) is 25.5 Å². The standard InChI is InChI=1S/C22H29F3N4O2S.C2H6/c1-21(2,3)31-20(30)29-9-8-15-11-28(12-17(15)29)19(32-13-26)18(27-4)14-6-5-7-16(10-14)22(23,24)25;1-2/h5-7,10,15,17H,4,8-9,11-13,26H2,1-3H3;1-2H3/b19-18-;. The van der Waals surface area contributed by atoms with Crippen molar-refractivity contribution in [3.05, 3.63) is 40.4 Å². The number of rotatable bonds is 5. The lowest BCUT2D eigenvalue weighted by Crippen LogP contribution is -2.42. The third kappa shape index (κ3) is 6.69. The molecular weight excluding hydrogens is 465 g/mol. The highest BCUT2D eigenvalue weighted by Gasteiger charge is 2.45. The van der Waals surface area contributed by atoms with Gasteiger partial charge in [-0.25, -0.2) is 4.79 Å². The summed E-state index contributed by atoms with van der Waals surface area (Å²) in [6.07, 6.45) is -3.97. The Kier molecular flexibility index (Phi) is 9.47.